The Kier molecular flexibility index (Phi) is 10.7. The highest BCUT2D eigenvalue weighted by Crippen LogP contribution is 2.30. The van der Waals surface area contributed by atoms with E-state index in [9.17, 15) is 14.4 Å². The largest absolute Gasteiger partial charge is 0.493 e. The minimum atomic E-state index is -0.361. The van der Waals surface area contributed by atoms with E-state index in [0.29, 0.717) is 68.0 Å². The quantitative estimate of drug-likeness (QED) is 0.223. The first kappa shape index (κ1) is 31.6. The molecule has 236 valence electrons. The number of nitrogens with zero attached hydrogens (tertiary/aromatic N) is 3. The number of piperazine rings is 1. The number of ether oxygens (including phenoxy) is 3. The van der Waals surface area contributed by atoms with Gasteiger partial charge in [0.05, 0.1) is 24.5 Å². The number of rotatable bonds is 13. The molecule has 2 heterocycles. The molecule has 1 aliphatic heterocycles. The summed E-state index contributed by atoms with van der Waals surface area (Å²) in [7, 11) is 3.19. The molecule has 11 nitrogen and oxygen atoms in total. The molecule has 3 aromatic carbocycles. The van der Waals surface area contributed by atoms with Crippen LogP contribution in [0.1, 0.15) is 22.5 Å². The topological polar surface area (TPSA) is 116 Å². The lowest BCUT2D eigenvalue weighted by Gasteiger charge is -2.28. The minimum Gasteiger partial charge on any atom is -0.493 e. The number of carbonyl (C=O) groups is 2. The van der Waals surface area contributed by atoms with Crippen LogP contribution in [-0.4, -0.2) is 86.0 Å². The number of hydrogen-bond donors (Lipinski definition) is 2. The van der Waals surface area contributed by atoms with Gasteiger partial charge in [0.15, 0.2) is 6.61 Å². The molecule has 1 aromatic heterocycles. The van der Waals surface area contributed by atoms with Gasteiger partial charge in [-0.05, 0) is 29.8 Å². The third kappa shape index (κ3) is 7.62. The highest BCUT2D eigenvalue weighted by atomic mass is 16.5. The highest BCUT2D eigenvalue weighted by molar-refractivity contribution is 5.99. The lowest BCUT2D eigenvalue weighted by atomic mass is 10.1. The minimum absolute atomic E-state index is 0.114. The summed E-state index contributed by atoms with van der Waals surface area (Å²) >= 11 is 0. The number of amides is 2. The van der Waals surface area contributed by atoms with E-state index in [4.69, 9.17) is 14.2 Å². The van der Waals surface area contributed by atoms with Crippen LogP contribution >= 0.6 is 0 Å². The summed E-state index contributed by atoms with van der Waals surface area (Å²) in [5.41, 5.74) is 2.51. The Morgan fingerprint density at radius 2 is 1.62 bits per heavy atom. The van der Waals surface area contributed by atoms with Gasteiger partial charge in [0.25, 0.3) is 11.8 Å². The number of nitrogens with one attached hydrogen (secondary N) is 2. The molecule has 1 aliphatic rings. The van der Waals surface area contributed by atoms with Crippen LogP contribution in [0, 0.1) is 0 Å². The van der Waals surface area contributed by atoms with Crippen molar-refractivity contribution in [2.45, 2.75) is 13.0 Å². The van der Waals surface area contributed by atoms with Crippen LogP contribution in [0.4, 0.5) is 0 Å². The third-order valence-corrected chi connectivity index (χ3v) is 7.52. The van der Waals surface area contributed by atoms with E-state index in [-0.39, 0.29) is 30.7 Å². The monoisotopic (exact) mass is 613 g/mol. The van der Waals surface area contributed by atoms with Crippen molar-refractivity contribution in [3.8, 4) is 28.4 Å². The molecule has 1 saturated heterocycles. The van der Waals surface area contributed by atoms with Crippen LogP contribution in [0.25, 0.3) is 16.9 Å². The number of aromatic nitrogens is 2. The van der Waals surface area contributed by atoms with Gasteiger partial charge in [-0.25, -0.2) is 4.79 Å². The van der Waals surface area contributed by atoms with E-state index in [1.54, 1.807) is 41.8 Å². The summed E-state index contributed by atoms with van der Waals surface area (Å²) in [5.74, 6) is 0.624. The molecule has 0 bridgehead atoms. The van der Waals surface area contributed by atoms with Gasteiger partial charge in [-0.3, -0.25) is 18.7 Å². The number of benzene rings is 3. The fraction of sp³-hybridized carbons (Fsp3) is 0.324. The van der Waals surface area contributed by atoms with E-state index in [1.807, 2.05) is 60.7 Å². The Morgan fingerprint density at radius 3 is 2.36 bits per heavy atom. The highest BCUT2D eigenvalue weighted by Gasteiger charge is 2.31. The van der Waals surface area contributed by atoms with Crippen molar-refractivity contribution < 1.29 is 23.8 Å². The van der Waals surface area contributed by atoms with Crippen molar-refractivity contribution in [2.24, 2.45) is 0 Å². The molecule has 2 amide bonds. The average Bonchev–Trinajstić information content (AvgIpc) is 3.37. The predicted molar refractivity (Wildman–Crippen MR) is 171 cm³/mol. The van der Waals surface area contributed by atoms with E-state index < -0.39 is 0 Å². The first-order valence-corrected chi connectivity index (χ1v) is 15.1. The smallest absolute Gasteiger partial charge is 0.334 e. The van der Waals surface area contributed by atoms with Crippen molar-refractivity contribution in [1.29, 1.82) is 0 Å². The van der Waals surface area contributed by atoms with Gasteiger partial charge in [0, 0.05) is 65.0 Å². The third-order valence-electron chi connectivity index (χ3n) is 7.52. The lowest BCUT2D eigenvalue weighted by molar-refractivity contribution is -0.122. The van der Waals surface area contributed by atoms with E-state index in [0.717, 1.165) is 17.5 Å². The van der Waals surface area contributed by atoms with E-state index >= 15 is 0 Å². The van der Waals surface area contributed by atoms with Gasteiger partial charge in [0.1, 0.15) is 17.2 Å². The first-order chi connectivity index (χ1) is 22.0. The fourth-order valence-electron chi connectivity index (χ4n) is 5.27. The molecule has 0 aliphatic carbocycles. The maximum absolute atomic E-state index is 14.5. The van der Waals surface area contributed by atoms with Gasteiger partial charge in [-0.1, -0.05) is 48.5 Å². The number of carbonyl (C=O) groups excluding carboxylic acids is 2. The summed E-state index contributed by atoms with van der Waals surface area (Å²) in [5, 5.41) is 5.83. The summed E-state index contributed by atoms with van der Waals surface area (Å²) in [6.45, 7) is 3.42. The second-order valence-corrected chi connectivity index (χ2v) is 10.6. The Labute approximate surface area is 262 Å². The molecule has 4 aromatic rings. The maximum Gasteiger partial charge on any atom is 0.334 e. The predicted octanol–water partition coefficient (Wildman–Crippen LogP) is 2.94. The van der Waals surface area contributed by atoms with Crippen LogP contribution in [0.2, 0.25) is 0 Å². The molecule has 0 atom stereocenters. The molecule has 0 spiro atoms. The molecule has 2 N–H and O–H groups in total. The molecule has 1 fully saturated rings. The molecular weight excluding hydrogens is 574 g/mol. The van der Waals surface area contributed by atoms with Gasteiger partial charge >= 0.3 is 5.69 Å². The van der Waals surface area contributed by atoms with Crippen LogP contribution < -0.4 is 25.8 Å². The maximum atomic E-state index is 14.5. The summed E-state index contributed by atoms with van der Waals surface area (Å²) in [6, 6.07) is 24.0. The van der Waals surface area contributed by atoms with Crippen LogP contribution in [0.15, 0.2) is 83.7 Å². The molecule has 0 radical (unpaired) electrons. The van der Waals surface area contributed by atoms with Gasteiger partial charge in [-0.2, -0.15) is 0 Å². The zero-order valence-electron chi connectivity index (χ0n) is 25.7. The summed E-state index contributed by atoms with van der Waals surface area (Å²) < 4.78 is 19.9. The van der Waals surface area contributed by atoms with Gasteiger partial charge in [-0.15, -0.1) is 0 Å². The van der Waals surface area contributed by atoms with Gasteiger partial charge in [0.2, 0.25) is 0 Å². The van der Waals surface area contributed by atoms with Crippen molar-refractivity contribution in [2.75, 3.05) is 60.2 Å². The van der Waals surface area contributed by atoms with Crippen molar-refractivity contribution in [3.05, 3.63) is 101 Å². The van der Waals surface area contributed by atoms with E-state index in [2.05, 4.69) is 10.6 Å². The molecule has 0 unspecified atom stereocenters. The van der Waals surface area contributed by atoms with Crippen molar-refractivity contribution >= 4 is 11.8 Å². The van der Waals surface area contributed by atoms with Crippen LogP contribution in [0.5, 0.6) is 11.5 Å². The zero-order valence-corrected chi connectivity index (χ0v) is 25.7. The molecule has 45 heavy (non-hydrogen) atoms. The SMILES string of the molecule is CNC(=O)COc1cccc(Cn2c(C(=O)N3CCNCC3)c(-c3ccccc3)n(-c3cccc(OCCCOC)c3)c2=O)c1. The van der Waals surface area contributed by atoms with Crippen LogP contribution in [0.3, 0.4) is 0 Å². The Hall–Kier alpha value is -4.87. The summed E-state index contributed by atoms with van der Waals surface area (Å²) in [4.78, 5) is 42.4. The molecular formula is C34H39N5O6. The fourth-order valence-corrected chi connectivity index (χ4v) is 5.27. The zero-order chi connectivity index (χ0) is 31.6. The summed E-state index contributed by atoms with van der Waals surface area (Å²) in [6.07, 6.45) is 0.724. The molecule has 0 saturated carbocycles. The Morgan fingerprint density at radius 1 is 0.889 bits per heavy atom. The van der Waals surface area contributed by atoms with E-state index in [1.165, 1.54) is 4.57 Å². The lowest BCUT2D eigenvalue weighted by Crippen LogP contribution is -2.47. The Balaban J connectivity index is 1.64. The number of imidazole rings is 1. The van der Waals surface area contributed by atoms with Crippen molar-refractivity contribution in [1.82, 2.24) is 24.7 Å². The van der Waals surface area contributed by atoms with Crippen LogP contribution in [-0.2, 0) is 16.1 Å². The standard InChI is InChI=1S/C34H39N5O6/c1-35-30(40)24-45-28-13-6-9-25(21-28)23-38-32(33(41)37-17-15-36-16-18-37)31(26-10-4-3-5-11-26)39(34(38)42)27-12-7-14-29(22-27)44-20-8-19-43-2/h3-7,9-14,21-22,36H,8,15-20,23-24H2,1-2H3,(H,35,40). The Bertz CT molecular complexity index is 1660. The van der Waals surface area contributed by atoms with Crippen molar-refractivity contribution in [3.63, 3.8) is 0 Å². The normalized spacial score (nSPS) is 13.0. The molecule has 5 rings (SSSR count). The number of methoxy groups -OCH3 is 1. The second-order valence-electron chi connectivity index (χ2n) is 10.6. The second kappa shape index (κ2) is 15.2. The first-order valence-electron chi connectivity index (χ1n) is 15.1. The van der Waals surface area contributed by atoms with Gasteiger partial charge < -0.3 is 29.7 Å². The molecule has 11 heteroatoms. The number of likely N-dealkylation sites (N-methyl/N-ethyl adjacent to an activating group) is 1. The average molecular weight is 614 g/mol. The number of hydrogen-bond acceptors (Lipinski definition) is 7.